The molecule has 2 fully saturated rings. The topological polar surface area (TPSA) is 89.2 Å². The van der Waals surface area contributed by atoms with E-state index in [-0.39, 0.29) is 5.91 Å². The SMILES string of the molecule is COc1cc2nn(C)cc2cc1NC(=O)c1ccc(N2CCC(NCC3CC3)CC2)c2cn(C)nc12. The first-order valence-electron chi connectivity index (χ1n) is 12.8. The summed E-state index contributed by atoms with van der Waals surface area (Å²) >= 11 is 0. The van der Waals surface area contributed by atoms with Gasteiger partial charge in [0.05, 0.1) is 23.9 Å². The lowest BCUT2D eigenvalue weighted by atomic mass is 10.0. The molecule has 1 saturated heterocycles. The van der Waals surface area contributed by atoms with Crippen molar-refractivity contribution in [3.8, 4) is 5.75 Å². The second-order valence-electron chi connectivity index (χ2n) is 10.2. The van der Waals surface area contributed by atoms with Crippen molar-refractivity contribution in [1.82, 2.24) is 24.9 Å². The minimum absolute atomic E-state index is 0.213. The number of aryl methyl sites for hydroxylation is 2. The number of nitrogens with one attached hydrogen (secondary N) is 2. The Bertz CT molecular complexity index is 1430. The predicted octanol–water partition coefficient (Wildman–Crippen LogP) is 3.69. The number of nitrogens with zero attached hydrogens (tertiary/aromatic N) is 5. The van der Waals surface area contributed by atoms with E-state index in [0.29, 0.717) is 28.6 Å². The molecular weight excluding hydrogens is 454 g/mol. The number of piperidine rings is 1. The van der Waals surface area contributed by atoms with Crippen LogP contribution in [-0.4, -0.2) is 58.3 Å². The third kappa shape index (κ3) is 4.39. The van der Waals surface area contributed by atoms with Gasteiger partial charge < -0.3 is 20.3 Å². The first-order chi connectivity index (χ1) is 17.5. The van der Waals surface area contributed by atoms with Crippen LogP contribution in [-0.2, 0) is 14.1 Å². The molecule has 2 aromatic carbocycles. The number of carbonyl (C=O) groups excluding carboxylic acids is 1. The van der Waals surface area contributed by atoms with Crippen LogP contribution in [0.25, 0.3) is 21.8 Å². The molecule has 0 spiro atoms. The molecule has 2 aliphatic rings. The van der Waals surface area contributed by atoms with Gasteiger partial charge in [-0.3, -0.25) is 14.2 Å². The van der Waals surface area contributed by atoms with Gasteiger partial charge in [-0.1, -0.05) is 0 Å². The second-order valence-corrected chi connectivity index (χ2v) is 10.2. The summed E-state index contributed by atoms with van der Waals surface area (Å²) in [5.41, 5.74) is 3.82. The molecule has 3 heterocycles. The molecule has 0 radical (unpaired) electrons. The summed E-state index contributed by atoms with van der Waals surface area (Å²) in [7, 11) is 5.37. The molecule has 9 nitrogen and oxygen atoms in total. The number of aromatic nitrogens is 4. The maximum Gasteiger partial charge on any atom is 0.258 e. The van der Waals surface area contributed by atoms with Crippen molar-refractivity contribution in [2.24, 2.45) is 20.0 Å². The van der Waals surface area contributed by atoms with Crippen molar-refractivity contribution >= 4 is 39.1 Å². The Morgan fingerprint density at radius 2 is 1.83 bits per heavy atom. The number of benzene rings is 2. The van der Waals surface area contributed by atoms with Gasteiger partial charge in [0.2, 0.25) is 0 Å². The monoisotopic (exact) mass is 487 g/mol. The Morgan fingerprint density at radius 1 is 1.06 bits per heavy atom. The Morgan fingerprint density at radius 3 is 2.58 bits per heavy atom. The van der Waals surface area contributed by atoms with E-state index in [4.69, 9.17) is 4.74 Å². The van der Waals surface area contributed by atoms with Crippen LogP contribution in [0.15, 0.2) is 36.7 Å². The fraction of sp³-hybridized carbons (Fsp3) is 0.444. The molecule has 0 atom stereocenters. The highest BCUT2D eigenvalue weighted by Crippen LogP contribution is 2.34. The van der Waals surface area contributed by atoms with Crippen LogP contribution in [0.4, 0.5) is 11.4 Å². The molecule has 0 unspecified atom stereocenters. The second kappa shape index (κ2) is 9.13. The van der Waals surface area contributed by atoms with E-state index < -0.39 is 0 Å². The number of carbonyl (C=O) groups is 1. The van der Waals surface area contributed by atoms with Gasteiger partial charge in [-0.05, 0) is 56.3 Å². The number of hydrogen-bond donors (Lipinski definition) is 2. The number of methoxy groups -OCH3 is 1. The third-order valence-corrected chi connectivity index (χ3v) is 7.43. The summed E-state index contributed by atoms with van der Waals surface area (Å²) in [4.78, 5) is 15.9. The van der Waals surface area contributed by atoms with Crippen molar-refractivity contribution in [2.75, 3.05) is 37.0 Å². The number of ether oxygens (including phenoxy) is 1. The molecule has 4 aromatic rings. The molecule has 6 rings (SSSR count). The smallest absolute Gasteiger partial charge is 0.258 e. The summed E-state index contributed by atoms with van der Waals surface area (Å²) in [6, 6.07) is 8.30. The van der Waals surface area contributed by atoms with Gasteiger partial charge in [-0.25, -0.2) is 0 Å². The fourth-order valence-corrected chi connectivity index (χ4v) is 5.28. The lowest BCUT2D eigenvalue weighted by molar-refractivity contribution is 0.102. The first-order valence-corrected chi connectivity index (χ1v) is 12.8. The van der Waals surface area contributed by atoms with Gasteiger partial charge in [0.1, 0.15) is 11.3 Å². The molecule has 36 heavy (non-hydrogen) atoms. The number of rotatable bonds is 7. The molecule has 1 aliphatic carbocycles. The first kappa shape index (κ1) is 22.8. The van der Waals surface area contributed by atoms with Gasteiger partial charge >= 0.3 is 0 Å². The maximum atomic E-state index is 13.5. The molecule has 0 bridgehead atoms. The Labute approximate surface area is 210 Å². The highest BCUT2D eigenvalue weighted by molar-refractivity contribution is 6.14. The average Bonchev–Trinajstić information content (AvgIpc) is 3.51. The van der Waals surface area contributed by atoms with Gasteiger partial charge in [0, 0.05) is 68.1 Å². The lowest BCUT2D eigenvalue weighted by Crippen LogP contribution is -2.43. The highest BCUT2D eigenvalue weighted by Gasteiger charge is 2.26. The van der Waals surface area contributed by atoms with E-state index in [1.165, 1.54) is 19.4 Å². The molecular formula is C27H33N7O2. The standard InChI is InChI=1S/C27H33N7O2/c1-32-15-18-12-23(25(36-3)13-22(18)30-32)29-27(35)20-6-7-24(21-16-33(2)31-26(20)21)34-10-8-19(9-11-34)28-14-17-4-5-17/h6-7,12-13,15-17,19,28H,4-5,8-11,14H2,1-3H3,(H,29,35). The summed E-state index contributed by atoms with van der Waals surface area (Å²) in [5, 5.41) is 17.8. The summed E-state index contributed by atoms with van der Waals surface area (Å²) in [5.74, 6) is 1.26. The quantitative estimate of drug-likeness (QED) is 0.413. The van der Waals surface area contributed by atoms with E-state index in [1.807, 2.05) is 44.7 Å². The van der Waals surface area contributed by atoms with Crippen LogP contribution in [0.3, 0.4) is 0 Å². The molecule has 1 aliphatic heterocycles. The van der Waals surface area contributed by atoms with Crippen LogP contribution < -0.4 is 20.3 Å². The normalized spacial score (nSPS) is 16.7. The minimum atomic E-state index is -0.213. The number of amides is 1. The zero-order chi connectivity index (χ0) is 24.8. The van der Waals surface area contributed by atoms with Gasteiger partial charge in [-0.15, -0.1) is 0 Å². The molecule has 1 saturated carbocycles. The molecule has 9 heteroatoms. The fourth-order valence-electron chi connectivity index (χ4n) is 5.28. The highest BCUT2D eigenvalue weighted by atomic mass is 16.5. The van der Waals surface area contributed by atoms with Crippen molar-refractivity contribution in [2.45, 2.75) is 31.7 Å². The number of anilines is 2. The van der Waals surface area contributed by atoms with E-state index >= 15 is 0 Å². The molecule has 2 N–H and O–H groups in total. The van der Waals surface area contributed by atoms with E-state index in [9.17, 15) is 4.79 Å². The Balaban J connectivity index is 1.24. The average molecular weight is 488 g/mol. The summed E-state index contributed by atoms with van der Waals surface area (Å²) in [6.07, 6.45) is 8.97. The zero-order valence-electron chi connectivity index (χ0n) is 21.1. The summed E-state index contributed by atoms with van der Waals surface area (Å²) in [6.45, 7) is 3.17. The third-order valence-electron chi connectivity index (χ3n) is 7.43. The van der Waals surface area contributed by atoms with Crippen LogP contribution in [0.5, 0.6) is 5.75 Å². The van der Waals surface area contributed by atoms with E-state index in [0.717, 1.165) is 53.8 Å². The largest absolute Gasteiger partial charge is 0.494 e. The Kier molecular flexibility index (Phi) is 5.79. The van der Waals surface area contributed by atoms with Crippen molar-refractivity contribution < 1.29 is 9.53 Å². The Hall–Kier alpha value is -3.59. The van der Waals surface area contributed by atoms with E-state index in [1.54, 1.807) is 16.5 Å². The van der Waals surface area contributed by atoms with Crippen molar-refractivity contribution in [1.29, 1.82) is 0 Å². The summed E-state index contributed by atoms with van der Waals surface area (Å²) < 4.78 is 9.07. The van der Waals surface area contributed by atoms with Crippen LogP contribution in [0.1, 0.15) is 36.0 Å². The van der Waals surface area contributed by atoms with Gasteiger partial charge in [-0.2, -0.15) is 10.2 Å². The van der Waals surface area contributed by atoms with Crippen molar-refractivity contribution in [3.05, 3.63) is 42.2 Å². The predicted molar refractivity (Wildman–Crippen MR) is 142 cm³/mol. The van der Waals surface area contributed by atoms with E-state index in [2.05, 4.69) is 31.8 Å². The minimum Gasteiger partial charge on any atom is -0.494 e. The van der Waals surface area contributed by atoms with Gasteiger partial charge in [0.15, 0.2) is 0 Å². The number of hydrogen-bond acceptors (Lipinski definition) is 6. The molecule has 1 amide bonds. The maximum absolute atomic E-state index is 13.5. The lowest BCUT2D eigenvalue weighted by Gasteiger charge is -2.34. The van der Waals surface area contributed by atoms with Crippen LogP contribution in [0.2, 0.25) is 0 Å². The number of fused-ring (bicyclic) bond motifs is 2. The van der Waals surface area contributed by atoms with Crippen LogP contribution in [0, 0.1) is 5.92 Å². The van der Waals surface area contributed by atoms with Gasteiger partial charge in [0.25, 0.3) is 5.91 Å². The molecule has 188 valence electrons. The van der Waals surface area contributed by atoms with Crippen molar-refractivity contribution in [3.63, 3.8) is 0 Å². The zero-order valence-corrected chi connectivity index (χ0v) is 21.1. The molecule has 2 aromatic heterocycles. The van der Waals surface area contributed by atoms with Crippen LogP contribution >= 0.6 is 0 Å².